The molecule has 0 aliphatic heterocycles. The summed E-state index contributed by atoms with van der Waals surface area (Å²) in [5, 5.41) is 0. The standard InChI is InChI=1S/C19H41O4P/c1-3-5-7-8-9-10-11-12-13-14-16-18-19(17-15-6-4-2)23-24(20,21)22/h19H,3-18H2,1-2H3,(H2,20,21,22). The molecule has 0 aromatic rings. The molecule has 0 saturated carbocycles. The fourth-order valence-corrected chi connectivity index (χ4v) is 3.70. The van der Waals surface area contributed by atoms with E-state index in [0.717, 1.165) is 44.9 Å². The van der Waals surface area contributed by atoms with Crippen LogP contribution < -0.4 is 0 Å². The summed E-state index contributed by atoms with van der Waals surface area (Å²) in [4.78, 5) is 18.0. The Hall–Kier alpha value is 0.110. The predicted octanol–water partition coefficient (Wildman–Crippen LogP) is 6.75. The molecule has 0 rings (SSSR count). The monoisotopic (exact) mass is 364 g/mol. The first-order valence-electron chi connectivity index (χ1n) is 10.2. The van der Waals surface area contributed by atoms with Gasteiger partial charge in [0.05, 0.1) is 6.10 Å². The van der Waals surface area contributed by atoms with Crippen LogP contribution in [0.1, 0.15) is 117 Å². The Balaban J connectivity index is 3.59. The van der Waals surface area contributed by atoms with E-state index in [1.54, 1.807) is 0 Å². The Morgan fingerprint density at radius 1 is 0.667 bits per heavy atom. The lowest BCUT2D eigenvalue weighted by atomic mass is 10.0. The number of rotatable bonds is 18. The summed E-state index contributed by atoms with van der Waals surface area (Å²) in [5.74, 6) is 0. The van der Waals surface area contributed by atoms with Crippen LogP contribution in [0.5, 0.6) is 0 Å². The fraction of sp³-hybridized carbons (Fsp3) is 1.00. The molecule has 0 amide bonds. The van der Waals surface area contributed by atoms with Crippen LogP contribution in [-0.4, -0.2) is 15.9 Å². The summed E-state index contributed by atoms with van der Waals surface area (Å²) in [6.07, 6.45) is 18.6. The van der Waals surface area contributed by atoms with Gasteiger partial charge in [-0.05, 0) is 12.8 Å². The maximum atomic E-state index is 11.0. The number of hydrogen-bond acceptors (Lipinski definition) is 2. The van der Waals surface area contributed by atoms with Gasteiger partial charge >= 0.3 is 7.82 Å². The second-order valence-electron chi connectivity index (χ2n) is 7.04. The largest absolute Gasteiger partial charge is 0.469 e. The molecule has 0 radical (unpaired) electrons. The highest BCUT2D eigenvalue weighted by molar-refractivity contribution is 7.46. The van der Waals surface area contributed by atoms with E-state index in [-0.39, 0.29) is 6.10 Å². The van der Waals surface area contributed by atoms with Gasteiger partial charge in [0.25, 0.3) is 0 Å². The smallest absolute Gasteiger partial charge is 0.303 e. The highest BCUT2D eigenvalue weighted by Gasteiger charge is 2.21. The zero-order valence-electron chi connectivity index (χ0n) is 16.0. The van der Waals surface area contributed by atoms with E-state index in [1.807, 2.05) is 0 Å². The van der Waals surface area contributed by atoms with Crippen molar-refractivity contribution < 1.29 is 18.9 Å². The Morgan fingerprint density at radius 3 is 1.42 bits per heavy atom. The quantitative estimate of drug-likeness (QED) is 0.209. The minimum Gasteiger partial charge on any atom is -0.303 e. The molecule has 0 aromatic carbocycles. The van der Waals surface area contributed by atoms with E-state index in [1.165, 1.54) is 57.8 Å². The highest BCUT2D eigenvalue weighted by Crippen LogP contribution is 2.39. The van der Waals surface area contributed by atoms with Gasteiger partial charge in [-0.2, -0.15) is 0 Å². The molecular formula is C19H41O4P. The summed E-state index contributed by atoms with van der Waals surface area (Å²) in [6.45, 7) is 4.38. The molecule has 0 fully saturated rings. The molecule has 1 unspecified atom stereocenters. The normalized spacial score (nSPS) is 13.3. The van der Waals surface area contributed by atoms with E-state index in [9.17, 15) is 4.57 Å². The third kappa shape index (κ3) is 18.4. The van der Waals surface area contributed by atoms with E-state index >= 15 is 0 Å². The molecular weight excluding hydrogens is 323 g/mol. The maximum absolute atomic E-state index is 11.0. The Labute approximate surface area is 150 Å². The molecule has 0 spiro atoms. The van der Waals surface area contributed by atoms with Gasteiger partial charge in [0.1, 0.15) is 0 Å². The van der Waals surface area contributed by atoms with Crippen molar-refractivity contribution in [1.29, 1.82) is 0 Å². The predicted molar refractivity (Wildman–Crippen MR) is 102 cm³/mol. The fourth-order valence-electron chi connectivity index (χ4n) is 3.10. The van der Waals surface area contributed by atoms with Gasteiger partial charge in [0.15, 0.2) is 0 Å². The number of hydrogen-bond donors (Lipinski definition) is 2. The zero-order chi connectivity index (χ0) is 18.1. The summed E-state index contributed by atoms with van der Waals surface area (Å²) in [7, 11) is -4.35. The Morgan fingerprint density at radius 2 is 1.00 bits per heavy atom. The molecule has 5 heteroatoms. The first kappa shape index (κ1) is 24.1. The van der Waals surface area contributed by atoms with Crippen LogP contribution in [0.3, 0.4) is 0 Å². The zero-order valence-corrected chi connectivity index (χ0v) is 16.9. The summed E-state index contributed by atoms with van der Waals surface area (Å²) in [6, 6.07) is 0. The van der Waals surface area contributed by atoms with Gasteiger partial charge in [-0.25, -0.2) is 4.57 Å². The van der Waals surface area contributed by atoms with Crippen LogP contribution in [-0.2, 0) is 9.09 Å². The first-order chi connectivity index (χ1) is 11.5. The van der Waals surface area contributed by atoms with Crippen molar-refractivity contribution in [2.75, 3.05) is 0 Å². The Bertz CT molecular complexity index is 304. The van der Waals surface area contributed by atoms with Crippen molar-refractivity contribution >= 4 is 7.82 Å². The number of unbranched alkanes of at least 4 members (excludes halogenated alkanes) is 12. The van der Waals surface area contributed by atoms with Crippen LogP contribution in [0, 0.1) is 0 Å². The Kier molecular flexibility index (Phi) is 16.6. The van der Waals surface area contributed by atoms with Crippen LogP contribution >= 0.6 is 7.82 Å². The van der Waals surface area contributed by atoms with E-state index < -0.39 is 7.82 Å². The molecule has 0 aromatic heterocycles. The van der Waals surface area contributed by atoms with Gasteiger partial charge in [-0.1, -0.05) is 104 Å². The van der Waals surface area contributed by atoms with Crippen molar-refractivity contribution in [3.8, 4) is 0 Å². The molecule has 24 heavy (non-hydrogen) atoms. The van der Waals surface area contributed by atoms with Gasteiger partial charge in [0.2, 0.25) is 0 Å². The van der Waals surface area contributed by atoms with Gasteiger partial charge < -0.3 is 9.79 Å². The van der Waals surface area contributed by atoms with Crippen LogP contribution in [0.2, 0.25) is 0 Å². The first-order valence-corrected chi connectivity index (χ1v) is 11.8. The highest BCUT2D eigenvalue weighted by atomic mass is 31.2. The average molecular weight is 365 g/mol. The van der Waals surface area contributed by atoms with E-state index in [0.29, 0.717) is 0 Å². The van der Waals surface area contributed by atoms with Crippen molar-refractivity contribution in [2.45, 2.75) is 123 Å². The van der Waals surface area contributed by atoms with Crippen LogP contribution in [0.4, 0.5) is 0 Å². The minimum atomic E-state index is -4.35. The van der Waals surface area contributed by atoms with Gasteiger partial charge in [-0.15, -0.1) is 0 Å². The molecule has 0 heterocycles. The van der Waals surface area contributed by atoms with Crippen LogP contribution in [0.25, 0.3) is 0 Å². The topological polar surface area (TPSA) is 66.8 Å². The van der Waals surface area contributed by atoms with Gasteiger partial charge in [-0.3, -0.25) is 4.52 Å². The van der Waals surface area contributed by atoms with Crippen LogP contribution in [0.15, 0.2) is 0 Å². The molecule has 4 nitrogen and oxygen atoms in total. The lowest BCUT2D eigenvalue weighted by molar-refractivity contribution is 0.115. The summed E-state index contributed by atoms with van der Waals surface area (Å²) in [5.41, 5.74) is 0. The maximum Gasteiger partial charge on any atom is 0.469 e. The van der Waals surface area contributed by atoms with Gasteiger partial charge in [0, 0.05) is 0 Å². The van der Waals surface area contributed by atoms with Crippen molar-refractivity contribution in [3.05, 3.63) is 0 Å². The summed E-state index contributed by atoms with van der Waals surface area (Å²) >= 11 is 0. The van der Waals surface area contributed by atoms with Crippen molar-refractivity contribution in [3.63, 3.8) is 0 Å². The van der Waals surface area contributed by atoms with E-state index in [2.05, 4.69) is 13.8 Å². The molecule has 0 aliphatic rings. The van der Waals surface area contributed by atoms with Crippen molar-refractivity contribution in [2.24, 2.45) is 0 Å². The lowest BCUT2D eigenvalue weighted by Gasteiger charge is -2.18. The third-order valence-corrected chi connectivity index (χ3v) is 5.12. The molecule has 0 bridgehead atoms. The third-order valence-electron chi connectivity index (χ3n) is 4.55. The molecule has 1 atom stereocenters. The summed E-state index contributed by atoms with van der Waals surface area (Å²) < 4.78 is 16.0. The minimum absolute atomic E-state index is 0.282. The second kappa shape index (κ2) is 16.6. The second-order valence-corrected chi connectivity index (χ2v) is 8.23. The molecule has 146 valence electrons. The number of phosphoric acid groups is 1. The SMILES string of the molecule is CCCCCCCCCCCCCC(CCCCC)OP(=O)(O)O. The molecule has 0 aliphatic carbocycles. The average Bonchev–Trinajstić information content (AvgIpc) is 2.51. The van der Waals surface area contributed by atoms with Crippen molar-refractivity contribution in [1.82, 2.24) is 0 Å². The van der Waals surface area contributed by atoms with E-state index in [4.69, 9.17) is 14.3 Å². The molecule has 0 saturated heterocycles. The molecule has 2 N–H and O–H groups in total. The number of phosphoric ester groups is 1. The lowest BCUT2D eigenvalue weighted by Crippen LogP contribution is -2.11.